The number of anilines is 1. The molecule has 0 radical (unpaired) electrons. The summed E-state index contributed by atoms with van der Waals surface area (Å²) in [6.07, 6.45) is 0. The highest BCUT2D eigenvalue weighted by molar-refractivity contribution is 5.96. The monoisotopic (exact) mass is 347 g/mol. The van der Waals surface area contributed by atoms with Gasteiger partial charge in [0.05, 0.1) is 6.61 Å². The molecule has 7 heteroatoms. The molecule has 1 saturated heterocycles. The lowest BCUT2D eigenvalue weighted by Gasteiger charge is -2.19. The maximum absolute atomic E-state index is 12.5. The van der Waals surface area contributed by atoms with Crippen LogP contribution >= 0.6 is 0 Å². The van der Waals surface area contributed by atoms with Crippen molar-refractivity contribution in [1.29, 1.82) is 0 Å². The van der Waals surface area contributed by atoms with Crippen molar-refractivity contribution in [2.24, 2.45) is 0 Å². The Morgan fingerprint density at radius 2 is 1.88 bits per heavy atom. The Morgan fingerprint density at radius 1 is 1.20 bits per heavy atom. The summed E-state index contributed by atoms with van der Waals surface area (Å²) in [7, 11) is 0. The molecule has 2 rings (SSSR count). The number of esters is 1. The van der Waals surface area contributed by atoms with Gasteiger partial charge in [-0.15, -0.1) is 0 Å². The zero-order valence-corrected chi connectivity index (χ0v) is 14.9. The zero-order valence-electron chi connectivity index (χ0n) is 14.9. The van der Waals surface area contributed by atoms with Crippen molar-refractivity contribution in [2.45, 2.75) is 26.7 Å². The number of hydrogen-bond donors (Lipinski definition) is 1. The molecule has 1 fully saturated rings. The molecule has 25 heavy (non-hydrogen) atoms. The number of amides is 3. The minimum atomic E-state index is -0.490. The van der Waals surface area contributed by atoms with E-state index >= 15 is 0 Å². The summed E-state index contributed by atoms with van der Waals surface area (Å²) in [4.78, 5) is 38.7. The fourth-order valence-corrected chi connectivity index (χ4v) is 2.62. The number of nitrogens with zero attached hydrogens (tertiary/aromatic N) is 2. The normalized spacial score (nSPS) is 14.2. The predicted octanol–water partition coefficient (Wildman–Crippen LogP) is 1.73. The highest BCUT2D eigenvalue weighted by Gasteiger charge is 2.30. The second-order valence-electron chi connectivity index (χ2n) is 6.18. The third-order valence-corrected chi connectivity index (χ3v) is 4.04. The number of urea groups is 1. The van der Waals surface area contributed by atoms with Crippen LogP contribution in [0.15, 0.2) is 24.3 Å². The van der Waals surface area contributed by atoms with Crippen molar-refractivity contribution in [3.8, 4) is 0 Å². The van der Waals surface area contributed by atoms with Crippen LogP contribution < -0.4 is 10.2 Å². The van der Waals surface area contributed by atoms with Gasteiger partial charge in [0.1, 0.15) is 13.1 Å². The van der Waals surface area contributed by atoms with E-state index in [1.54, 1.807) is 11.8 Å². The average Bonchev–Trinajstić information content (AvgIpc) is 2.94. The molecule has 1 heterocycles. The Balaban J connectivity index is 1.88. The van der Waals surface area contributed by atoms with E-state index in [1.165, 1.54) is 10.5 Å². The lowest BCUT2D eigenvalue weighted by Crippen LogP contribution is -2.41. The highest BCUT2D eigenvalue weighted by Crippen LogP contribution is 2.23. The molecular weight excluding hydrogens is 322 g/mol. The third kappa shape index (κ3) is 4.95. The van der Waals surface area contributed by atoms with E-state index in [1.807, 2.05) is 24.3 Å². The van der Waals surface area contributed by atoms with Crippen LogP contribution in [0, 0.1) is 0 Å². The number of hydrogen-bond acceptors (Lipinski definition) is 4. The largest absolute Gasteiger partial charge is 0.465 e. The van der Waals surface area contributed by atoms with Gasteiger partial charge in [-0.05, 0) is 30.5 Å². The maximum atomic E-state index is 12.5. The molecule has 136 valence electrons. The molecule has 0 aliphatic carbocycles. The lowest BCUT2D eigenvalue weighted by molar-refractivity contribution is -0.143. The van der Waals surface area contributed by atoms with Gasteiger partial charge in [-0.3, -0.25) is 14.5 Å². The van der Waals surface area contributed by atoms with Gasteiger partial charge in [-0.1, -0.05) is 26.0 Å². The van der Waals surface area contributed by atoms with Gasteiger partial charge in [0.15, 0.2) is 0 Å². The molecule has 0 saturated carbocycles. The molecule has 0 atom stereocenters. The van der Waals surface area contributed by atoms with Crippen LogP contribution in [0.2, 0.25) is 0 Å². The fourth-order valence-electron chi connectivity index (χ4n) is 2.62. The number of carbonyl (C=O) groups is 3. The molecule has 0 spiro atoms. The molecule has 3 amide bonds. The number of rotatable bonds is 7. The average molecular weight is 347 g/mol. The van der Waals surface area contributed by atoms with Crippen molar-refractivity contribution >= 4 is 23.6 Å². The standard InChI is InChI=1S/C18H25N3O4/c1-4-25-17(23)11-19-16(22)12-20-9-10-21(18(20)24)15-7-5-14(6-8-15)13(2)3/h5-8,13H,4,9-12H2,1-3H3,(H,19,22). The van der Waals surface area contributed by atoms with Crippen molar-refractivity contribution in [3.63, 3.8) is 0 Å². The molecule has 0 bridgehead atoms. The van der Waals surface area contributed by atoms with Gasteiger partial charge in [-0.25, -0.2) is 4.79 Å². The summed E-state index contributed by atoms with van der Waals surface area (Å²) in [5, 5.41) is 2.46. The molecule has 7 nitrogen and oxygen atoms in total. The van der Waals surface area contributed by atoms with E-state index in [0.29, 0.717) is 19.0 Å². The summed E-state index contributed by atoms with van der Waals surface area (Å²) >= 11 is 0. The third-order valence-electron chi connectivity index (χ3n) is 4.04. The van der Waals surface area contributed by atoms with Gasteiger partial charge in [-0.2, -0.15) is 0 Å². The Kier molecular flexibility index (Phi) is 6.38. The molecule has 1 aliphatic rings. The van der Waals surface area contributed by atoms with Gasteiger partial charge in [0, 0.05) is 18.8 Å². The summed E-state index contributed by atoms with van der Waals surface area (Å²) in [5.74, 6) is -0.434. The summed E-state index contributed by atoms with van der Waals surface area (Å²) in [6.45, 7) is 6.95. The maximum Gasteiger partial charge on any atom is 0.325 e. The molecule has 0 unspecified atom stereocenters. The van der Waals surface area contributed by atoms with Crippen LogP contribution in [-0.2, 0) is 14.3 Å². The predicted molar refractivity (Wildman–Crippen MR) is 94.5 cm³/mol. The van der Waals surface area contributed by atoms with Crippen LogP contribution in [0.25, 0.3) is 0 Å². The highest BCUT2D eigenvalue weighted by atomic mass is 16.5. The van der Waals surface area contributed by atoms with Gasteiger partial charge >= 0.3 is 12.0 Å². The minimum Gasteiger partial charge on any atom is -0.465 e. The van der Waals surface area contributed by atoms with Crippen molar-refractivity contribution in [2.75, 3.05) is 37.7 Å². The summed E-state index contributed by atoms with van der Waals surface area (Å²) in [6, 6.07) is 7.68. The molecule has 1 aromatic carbocycles. The van der Waals surface area contributed by atoms with Crippen LogP contribution in [0.5, 0.6) is 0 Å². The van der Waals surface area contributed by atoms with Gasteiger partial charge < -0.3 is 15.0 Å². The van der Waals surface area contributed by atoms with E-state index < -0.39 is 5.97 Å². The van der Waals surface area contributed by atoms with Crippen molar-refractivity contribution < 1.29 is 19.1 Å². The Labute approximate surface area is 147 Å². The zero-order chi connectivity index (χ0) is 18.4. The smallest absolute Gasteiger partial charge is 0.325 e. The first-order valence-electron chi connectivity index (χ1n) is 8.51. The van der Waals surface area contributed by atoms with Crippen molar-refractivity contribution in [3.05, 3.63) is 29.8 Å². The Bertz CT molecular complexity index is 628. The SMILES string of the molecule is CCOC(=O)CNC(=O)CN1CCN(c2ccc(C(C)C)cc2)C1=O. The van der Waals surface area contributed by atoms with E-state index in [-0.39, 0.29) is 31.6 Å². The molecule has 1 aliphatic heterocycles. The van der Waals surface area contributed by atoms with Crippen LogP contribution in [-0.4, -0.2) is 55.6 Å². The lowest BCUT2D eigenvalue weighted by atomic mass is 10.0. The molecule has 0 aromatic heterocycles. The topological polar surface area (TPSA) is 79.0 Å². The van der Waals surface area contributed by atoms with Gasteiger partial charge in [0.2, 0.25) is 5.91 Å². The molecule has 1 aromatic rings. The summed E-state index contributed by atoms with van der Waals surface area (Å²) in [5.41, 5.74) is 2.04. The molecular formula is C18H25N3O4. The number of carbonyl (C=O) groups excluding carboxylic acids is 3. The fraction of sp³-hybridized carbons (Fsp3) is 0.500. The van der Waals surface area contributed by atoms with E-state index in [9.17, 15) is 14.4 Å². The number of benzene rings is 1. The second-order valence-corrected chi connectivity index (χ2v) is 6.18. The number of ether oxygens (including phenoxy) is 1. The minimum absolute atomic E-state index is 0.0706. The number of nitrogens with one attached hydrogen (secondary N) is 1. The van der Waals surface area contributed by atoms with Crippen molar-refractivity contribution in [1.82, 2.24) is 10.2 Å². The molecule has 1 N–H and O–H groups in total. The van der Waals surface area contributed by atoms with Crippen LogP contribution in [0.1, 0.15) is 32.3 Å². The van der Waals surface area contributed by atoms with Crippen LogP contribution in [0.3, 0.4) is 0 Å². The Hall–Kier alpha value is -2.57. The van der Waals surface area contributed by atoms with Gasteiger partial charge in [0.25, 0.3) is 0 Å². The first-order chi connectivity index (χ1) is 11.9. The Morgan fingerprint density at radius 3 is 2.48 bits per heavy atom. The van der Waals surface area contributed by atoms with E-state index in [2.05, 4.69) is 19.2 Å². The first-order valence-corrected chi connectivity index (χ1v) is 8.51. The quantitative estimate of drug-likeness (QED) is 0.762. The van der Waals surface area contributed by atoms with E-state index in [4.69, 9.17) is 4.74 Å². The summed E-state index contributed by atoms with van der Waals surface area (Å²) < 4.78 is 4.74. The second kappa shape index (κ2) is 8.50. The first kappa shape index (κ1) is 18.8. The van der Waals surface area contributed by atoms with Crippen LogP contribution in [0.4, 0.5) is 10.5 Å². The van der Waals surface area contributed by atoms with E-state index in [0.717, 1.165) is 5.69 Å².